The number of nitrogens with one attached hydrogen (secondary N) is 1. The minimum Gasteiger partial charge on any atom is -0.207 e. The lowest BCUT2D eigenvalue weighted by atomic mass is 10.1. The predicted molar refractivity (Wildman–Crippen MR) is 120 cm³/mol. The van der Waals surface area contributed by atoms with Crippen LogP contribution in [-0.4, -0.2) is 20.2 Å². The summed E-state index contributed by atoms with van der Waals surface area (Å²) in [7, 11) is -3.50. The van der Waals surface area contributed by atoms with E-state index in [9.17, 15) is 8.42 Å². The molecule has 0 aliphatic carbocycles. The number of aryl methyl sites for hydroxylation is 1. The van der Waals surface area contributed by atoms with Gasteiger partial charge in [-0.2, -0.15) is 0 Å². The third kappa shape index (κ3) is 8.38. The van der Waals surface area contributed by atoms with E-state index in [0.717, 1.165) is 24.2 Å². The first-order valence-corrected chi connectivity index (χ1v) is 12.7. The van der Waals surface area contributed by atoms with Gasteiger partial charge in [-0.3, -0.25) is 0 Å². The van der Waals surface area contributed by atoms with Gasteiger partial charge in [0.1, 0.15) is 0 Å². The average molecular weight is 420 g/mol. The quantitative estimate of drug-likeness (QED) is 0.311. The van der Waals surface area contributed by atoms with Gasteiger partial charge in [-0.15, -0.1) is 11.8 Å². The van der Waals surface area contributed by atoms with Crippen LogP contribution < -0.4 is 4.72 Å². The lowest BCUT2D eigenvalue weighted by Gasteiger charge is -2.19. The Bertz CT molecular complexity index is 774. The van der Waals surface area contributed by atoms with Crippen molar-refractivity contribution in [1.29, 1.82) is 0 Å². The van der Waals surface area contributed by atoms with E-state index in [1.165, 1.54) is 37.0 Å². The first kappa shape index (κ1) is 23.0. The van der Waals surface area contributed by atoms with Crippen LogP contribution in [0.1, 0.15) is 57.4 Å². The van der Waals surface area contributed by atoms with Gasteiger partial charge in [0.05, 0.1) is 4.90 Å². The molecule has 5 heteroatoms. The molecule has 28 heavy (non-hydrogen) atoms. The van der Waals surface area contributed by atoms with Crippen molar-refractivity contribution < 1.29 is 8.42 Å². The second-order valence-corrected chi connectivity index (χ2v) is 10.1. The number of benzene rings is 2. The van der Waals surface area contributed by atoms with Crippen molar-refractivity contribution in [3.8, 4) is 0 Å². The summed E-state index contributed by atoms with van der Waals surface area (Å²) in [6.45, 7) is 4.18. The van der Waals surface area contributed by atoms with E-state index >= 15 is 0 Å². The molecule has 0 spiro atoms. The Morgan fingerprint density at radius 3 is 2.21 bits per heavy atom. The van der Waals surface area contributed by atoms with Gasteiger partial charge in [0, 0.05) is 16.7 Å². The Balaban J connectivity index is 1.96. The summed E-state index contributed by atoms with van der Waals surface area (Å²) in [5.41, 5.74) is 1.06. The maximum absolute atomic E-state index is 12.8. The monoisotopic (exact) mass is 419 g/mol. The molecule has 2 aromatic rings. The molecule has 0 fully saturated rings. The van der Waals surface area contributed by atoms with E-state index in [1.807, 2.05) is 37.3 Å². The summed E-state index contributed by atoms with van der Waals surface area (Å²) in [5.74, 6) is 0.740. The van der Waals surface area contributed by atoms with E-state index in [2.05, 4.69) is 23.8 Å². The number of sulfonamides is 1. The summed E-state index contributed by atoms with van der Waals surface area (Å²) in [6.07, 6.45) is 8.13. The minimum atomic E-state index is -3.50. The zero-order valence-electron chi connectivity index (χ0n) is 17.1. The molecule has 1 atom stereocenters. The third-order valence-corrected chi connectivity index (χ3v) is 7.46. The molecule has 0 bridgehead atoms. The Morgan fingerprint density at radius 2 is 1.54 bits per heavy atom. The van der Waals surface area contributed by atoms with Crippen LogP contribution in [0.5, 0.6) is 0 Å². The van der Waals surface area contributed by atoms with Crippen LogP contribution >= 0.6 is 11.8 Å². The number of hydrogen-bond donors (Lipinski definition) is 1. The van der Waals surface area contributed by atoms with Crippen LogP contribution in [0.2, 0.25) is 0 Å². The van der Waals surface area contributed by atoms with Crippen molar-refractivity contribution in [3.05, 3.63) is 60.2 Å². The lowest BCUT2D eigenvalue weighted by Crippen LogP contribution is -2.36. The summed E-state index contributed by atoms with van der Waals surface area (Å²) in [6, 6.07) is 17.2. The van der Waals surface area contributed by atoms with Crippen LogP contribution in [0.25, 0.3) is 0 Å². The van der Waals surface area contributed by atoms with Gasteiger partial charge in [-0.25, -0.2) is 13.1 Å². The van der Waals surface area contributed by atoms with Crippen molar-refractivity contribution in [2.75, 3.05) is 5.75 Å². The molecule has 0 aliphatic rings. The molecule has 3 nitrogen and oxygen atoms in total. The minimum absolute atomic E-state index is 0.0670. The van der Waals surface area contributed by atoms with Crippen LogP contribution in [0, 0.1) is 6.92 Å². The molecule has 154 valence electrons. The second-order valence-electron chi connectivity index (χ2n) is 7.31. The Kier molecular flexibility index (Phi) is 10.1. The number of thioether (sulfide) groups is 1. The van der Waals surface area contributed by atoms with Crippen LogP contribution in [0.15, 0.2) is 64.4 Å². The molecular formula is C23H33NO2S2. The fourth-order valence-corrected chi connectivity index (χ4v) is 5.43. The van der Waals surface area contributed by atoms with Crippen LogP contribution in [0.4, 0.5) is 0 Å². The highest BCUT2D eigenvalue weighted by molar-refractivity contribution is 7.99. The first-order valence-electron chi connectivity index (χ1n) is 10.3. The fourth-order valence-electron chi connectivity index (χ4n) is 3.07. The molecule has 0 amide bonds. The number of rotatable bonds is 13. The van der Waals surface area contributed by atoms with Gasteiger partial charge >= 0.3 is 0 Å². The summed E-state index contributed by atoms with van der Waals surface area (Å²) >= 11 is 1.71. The molecule has 0 aromatic heterocycles. The Labute approximate surface area is 175 Å². The molecule has 1 N–H and O–H groups in total. The topological polar surface area (TPSA) is 46.2 Å². The zero-order chi connectivity index (χ0) is 20.2. The molecule has 0 saturated carbocycles. The molecular weight excluding hydrogens is 386 g/mol. The van der Waals surface area contributed by atoms with Gasteiger partial charge < -0.3 is 0 Å². The molecule has 0 radical (unpaired) electrons. The zero-order valence-corrected chi connectivity index (χ0v) is 18.7. The fraction of sp³-hybridized carbons (Fsp3) is 0.478. The first-order chi connectivity index (χ1) is 13.5. The van der Waals surface area contributed by atoms with E-state index < -0.39 is 10.0 Å². The maximum Gasteiger partial charge on any atom is 0.240 e. The maximum atomic E-state index is 12.8. The molecule has 0 saturated heterocycles. The van der Waals surface area contributed by atoms with E-state index in [1.54, 1.807) is 23.9 Å². The van der Waals surface area contributed by atoms with E-state index in [4.69, 9.17) is 0 Å². The lowest BCUT2D eigenvalue weighted by molar-refractivity contribution is 0.518. The van der Waals surface area contributed by atoms with Crippen molar-refractivity contribution in [1.82, 2.24) is 4.72 Å². The van der Waals surface area contributed by atoms with Gasteiger partial charge in [0.2, 0.25) is 10.0 Å². The van der Waals surface area contributed by atoms with E-state index in [-0.39, 0.29) is 6.04 Å². The smallest absolute Gasteiger partial charge is 0.207 e. The van der Waals surface area contributed by atoms with E-state index in [0.29, 0.717) is 4.90 Å². The second kappa shape index (κ2) is 12.3. The molecule has 1 unspecified atom stereocenters. The van der Waals surface area contributed by atoms with Gasteiger partial charge in [-0.05, 0) is 37.6 Å². The number of hydrogen-bond acceptors (Lipinski definition) is 3. The molecule has 2 aromatic carbocycles. The van der Waals surface area contributed by atoms with Gasteiger partial charge in [0.25, 0.3) is 0 Å². The molecule has 0 aliphatic heterocycles. The largest absolute Gasteiger partial charge is 0.240 e. The van der Waals surface area contributed by atoms with Crippen molar-refractivity contribution in [3.63, 3.8) is 0 Å². The number of unbranched alkanes of at least 4 members (excludes halogenated alkanes) is 5. The van der Waals surface area contributed by atoms with Crippen molar-refractivity contribution in [2.45, 2.75) is 74.6 Å². The summed E-state index contributed by atoms with van der Waals surface area (Å²) < 4.78 is 28.6. The standard InChI is InChI=1S/C23H33NO2S2/c1-3-4-5-6-7-9-12-21(19-27-22-13-10-8-11-14-22)24-28(25,26)23-17-15-20(2)16-18-23/h8,10-11,13-18,21,24H,3-7,9,12,19H2,1-2H3. The van der Waals surface area contributed by atoms with Crippen molar-refractivity contribution in [2.24, 2.45) is 0 Å². The summed E-state index contributed by atoms with van der Waals surface area (Å²) in [4.78, 5) is 1.51. The molecule has 0 heterocycles. The van der Waals surface area contributed by atoms with Crippen LogP contribution in [0.3, 0.4) is 0 Å². The highest BCUT2D eigenvalue weighted by Crippen LogP contribution is 2.21. The third-order valence-electron chi connectivity index (χ3n) is 4.75. The van der Waals surface area contributed by atoms with Crippen molar-refractivity contribution >= 4 is 21.8 Å². The molecule has 2 rings (SSSR count). The predicted octanol–water partition coefficient (Wildman–Crippen LogP) is 6.18. The SMILES string of the molecule is CCCCCCCCC(CSc1ccccc1)NS(=O)(=O)c1ccc(C)cc1. The Morgan fingerprint density at radius 1 is 0.893 bits per heavy atom. The van der Waals surface area contributed by atoms with Gasteiger partial charge in [-0.1, -0.05) is 81.3 Å². The van der Waals surface area contributed by atoms with Gasteiger partial charge in [0.15, 0.2) is 0 Å². The Hall–Kier alpha value is -1.30. The van der Waals surface area contributed by atoms with Crippen LogP contribution in [-0.2, 0) is 10.0 Å². The normalized spacial score (nSPS) is 12.8. The highest BCUT2D eigenvalue weighted by atomic mass is 32.2. The average Bonchev–Trinajstić information content (AvgIpc) is 2.69. The summed E-state index contributed by atoms with van der Waals surface area (Å²) in [5, 5.41) is 0. The highest BCUT2D eigenvalue weighted by Gasteiger charge is 2.20.